The lowest BCUT2D eigenvalue weighted by molar-refractivity contribution is -0.384. The summed E-state index contributed by atoms with van der Waals surface area (Å²) in [5.74, 6) is 0.414. The molecule has 2 saturated heterocycles. The summed E-state index contributed by atoms with van der Waals surface area (Å²) in [7, 11) is 1.57. The molecule has 2 fully saturated rings. The van der Waals surface area contributed by atoms with Crippen molar-refractivity contribution in [1.29, 1.82) is 0 Å². The maximum Gasteiger partial charge on any atom is 0.293 e. The maximum atomic E-state index is 13.0. The molecular formula is C21H19N3O5S2. The van der Waals surface area contributed by atoms with Crippen LogP contribution in [-0.4, -0.2) is 48.6 Å². The minimum atomic E-state index is -0.398. The van der Waals surface area contributed by atoms with Gasteiger partial charge in [0.15, 0.2) is 4.32 Å². The second kappa shape index (κ2) is 9.04. The summed E-state index contributed by atoms with van der Waals surface area (Å²) >= 11 is 6.57. The van der Waals surface area contributed by atoms with Gasteiger partial charge in [0.2, 0.25) is 0 Å². The summed E-state index contributed by atoms with van der Waals surface area (Å²) in [5.41, 5.74) is 1.76. The number of nitro benzene ring substituents is 1. The van der Waals surface area contributed by atoms with Crippen molar-refractivity contribution in [3.63, 3.8) is 0 Å². The number of anilines is 2. The minimum absolute atomic E-state index is 0.00119. The molecule has 0 aliphatic carbocycles. The van der Waals surface area contributed by atoms with Crippen molar-refractivity contribution >= 4 is 57.3 Å². The van der Waals surface area contributed by atoms with Gasteiger partial charge in [-0.25, -0.2) is 0 Å². The predicted octanol–water partition coefficient (Wildman–Crippen LogP) is 3.85. The predicted molar refractivity (Wildman–Crippen MR) is 125 cm³/mol. The van der Waals surface area contributed by atoms with Gasteiger partial charge in [-0.1, -0.05) is 30.0 Å². The van der Waals surface area contributed by atoms with E-state index in [0.717, 1.165) is 0 Å². The van der Waals surface area contributed by atoms with E-state index in [2.05, 4.69) is 0 Å². The van der Waals surface area contributed by atoms with Gasteiger partial charge in [-0.05, 0) is 42.0 Å². The number of carbonyl (C=O) groups excluding carboxylic acids is 1. The molecule has 0 atom stereocenters. The summed E-state index contributed by atoms with van der Waals surface area (Å²) in [6.07, 6.45) is 1.64. The van der Waals surface area contributed by atoms with Crippen LogP contribution in [-0.2, 0) is 9.53 Å². The average Bonchev–Trinajstić information content (AvgIpc) is 3.07. The number of carbonyl (C=O) groups is 1. The highest BCUT2D eigenvalue weighted by molar-refractivity contribution is 8.27. The van der Waals surface area contributed by atoms with Crippen LogP contribution in [0.25, 0.3) is 6.08 Å². The second-order valence-electron chi connectivity index (χ2n) is 6.82. The molecule has 8 nitrogen and oxygen atoms in total. The first-order valence-electron chi connectivity index (χ1n) is 9.51. The van der Waals surface area contributed by atoms with Crippen LogP contribution in [0.5, 0.6) is 5.75 Å². The molecule has 0 saturated carbocycles. The minimum Gasteiger partial charge on any atom is -0.497 e. The van der Waals surface area contributed by atoms with Gasteiger partial charge in [0.1, 0.15) is 11.4 Å². The van der Waals surface area contributed by atoms with Crippen LogP contribution < -0.4 is 14.5 Å². The third-order valence-corrected chi connectivity index (χ3v) is 6.27. The molecule has 2 heterocycles. The summed E-state index contributed by atoms with van der Waals surface area (Å²) < 4.78 is 10.9. The summed E-state index contributed by atoms with van der Waals surface area (Å²) in [6, 6.07) is 12.0. The number of nitro groups is 1. The lowest BCUT2D eigenvalue weighted by atomic mass is 10.1. The Morgan fingerprint density at radius 2 is 1.90 bits per heavy atom. The van der Waals surface area contributed by atoms with Gasteiger partial charge in [-0.3, -0.25) is 19.8 Å². The van der Waals surface area contributed by atoms with Crippen LogP contribution >= 0.6 is 24.0 Å². The average molecular weight is 458 g/mol. The number of amides is 1. The Labute approximate surface area is 188 Å². The van der Waals surface area contributed by atoms with Gasteiger partial charge < -0.3 is 14.4 Å². The molecule has 4 rings (SSSR count). The van der Waals surface area contributed by atoms with Crippen LogP contribution in [0, 0.1) is 10.1 Å². The zero-order valence-corrected chi connectivity index (χ0v) is 18.3. The van der Waals surface area contributed by atoms with Gasteiger partial charge >= 0.3 is 0 Å². The van der Waals surface area contributed by atoms with Gasteiger partial charge in [-0.15, -0.1) is 0 Å². The van der Waals surface area contributed by atoms with Crippen molar-refractivity contribution in [2.75, 3.05) is 43.2 Å². The standard InChI is InChI=1S/C21H19N3O5S2/c1-28-16-5-3-15(4-6-16)23-20(25)19(31-21(23)30)13-14-2-7-17(18(12-14)24(26)27)22-8-10-29-11-9-22/h2-7,12-13H,8-11H2,1H3/b19-13+. The van der Waals surface area contributed by atoms with Gasteiger partial charge in [0.25, 0.3) is 11.6 Å². The lowest BCUT2D eigenvalue weighted by Gasteiger charge is -2.28. The van der Waals surface area contributed by atoms with Gasteiger partial charge in [0, 0.05) is 19.2 Å². The number of morpholine rings is 1. The van der Waals surface area contributed by atoms with Crippen molar-refractivity contribution in [2.45, 2.75) is 0 Å². The number of benzene rings is 2. The normalized spacial score (nSPS) is 18.0. The molecule has 1 amide bonds. The Bertz CT molecular complexity index is 1070. The molecular weight excluding hydrogens is 438 g/mol. The molecule has 31 heavy (non-hydrogen) atoms. The van der Waals surface area contributed by atoms with Crippen LogP contribution in [0.2, 0.25) is 0 Å². The first kappa shape index (κ1) is 21.3. The Morgan fingerprint density at radius 1 is 1.19 bits per heavy atom. The van der Waals surface area contributed by atoms with E-state index in [4.69, 9.17) is 21.7 Å². The number of methoxy groups -OCH3 is 1. The van der Waals surface area contributed by atoms with Crippen LogP contribution in [0.1, 0.15) is 5.56 Å². The molecule has 2 aromatic rings. The molecule has 10 heteroatoms. The third-order valence-electron chi connectivity index (χ3n) is 4.97. The quantitative estimate of drug-likeness (QED) is 0.290. The molecule has 0 radical (unpaired) electrons. The van der Waals surface area contributed by atoms with Crippen LogP contribution in [0.15, 0.2) is 47.4 Å². The van der Waals surface area contributed by atoms with E-state index in [-0.39, 0.29) is 11.6 Å². The van der Waals surface area contributed by atoms with Crippen molar-refractivity contribution in [3.05, 3.63) is 63.0 Å². The SMILES string of the molecule is COc1ccc(N2C(=O)/C(=C\c3ccc(N4CCOCC4)c([N+](=O)[O-])c3)SC2=S)cc1. The highest BCUT2D eigenvalue weighted by Gasteiger charge is 2.33. The van der Waals surface area contributed by atoms with Crippen molar-refractivity contribution in [2.24, 2.45) is 0 Å². The van der Waals surface area contributed by atoms with E-state index < -0.39 is 4.92 Å². The Morgan fingerprint density at radius 3 is 2.55 bits per heavy atom. The second-order valence-corrected chi connectivity index (χ2v) is 8.50. The Hall–Kier alpha value is -2.95. The van der Waals surface area contributed by atoms with E-state index >= 15 is 0 Å². The maximum absolute atomic E-state index is 13.0. The van der Waals surface area contributed by atoms with Crippen LogP contribution in [0.3, 0.4) is 0 Å². The van der Waals surface area contributed by atoms with Crippen molar-refractivity contribution < 1.29 is 19.2 Å². The van der Waals surface area contributed by atoms with E-state index in [0.29, 0.717) is 58.2 Å². The smallest absolute Gasteiger partial charge is 0.293 e. The number of rotatable bonds is 5. The number of ether oxygens (including phenoxy) is 2. The molecule has 0 spiro atoms. The fourth-order valence-corrected chi connectivity index (χ4v) is 4.72. The topological polar surface area (TPSA) is 85.2 Å². The highest BCUT2D eigenvalue weighted by Crippen LogP contribution is 2.37. The van der Waals surface area contributed by atoms with Crippen molar-refractivity contribution in [1.82, 2.24) is 0 Å². The number of hydrogen-bond acceptors (Lipinski definition) is 8. The number of hydrogen-bond donors (Lipinski definition) is 0. The highest BCUT2D eigenvalue weighted by atomic mass is 32.2. The van der Waals surface area contributed by atoms with Gasteiger partial charge in [-0.2, -0.15) is 0 Å². The number of thioether (sulfide) groups is 1. The van der Waals surface area contributed by atoms with E-state index in [9.17, 15) is 14.9 Å². The molecule has 0 aromatic heterocycles. The fraction of sp³-hybridized carbons (Fsp3) is 0.238. The zero-order chi connectivity index (χ0) is 22.0. The Kier molecular flexibility index (Phi) is 6.21. The molecule has 0 unspecified atom stereocenters. The molecule has 2 aromatic carbocycles. The first-order chi connectivity index (χ1) is 15.0. The van der Waals surface area contributed by atoms with E-state index in [1.807, 2.05) is 4.90 Å². The summed E-state index contributed by atoms with van der Waals surface area (Å²) in [6.45, 7) is 2.26. The first-order valence-corrected chi connectivity index (χ1v) is 10.7. The fourth-order valence-electron chi connectivity index (χ4n) is 3.42. The zero-order valence-electron chi connectivity index (χ0n) is 16.6. The monoisotopic (exact) mass is 457 g/mol. The summed E-state index contributed by atoms with van der Waals surface area (Å²) in [4.78, 5) is 28.0. The summed E-state index contributed by atoms with van der Waals surface area (Å²) in [5, 5.41) is 11.7. The molecule has 0 N–H and O–H groups in total. The lowest BCUT2D eigenvalue weighted by Crippen LogP contribution is -2.36. The largest absolute Gasteiger partial charge is 0.497 e. The molecule has 160 valence electrons. The number of nitrogens with zero attached hydrogens (tertiary/aromatic N) is 3. The van der Waals surface area contributed by atoms with E-state index in [1.165, 1.54) is 22.7 Å². The third kappa shape index (κ3) is 4.41. The van der Waals surface area contributed by atoms with E-state index in [1.54, 1.807) is 49.6 Å². The molecule has 2 aliphatic heterocycles. The van der Waals surface area contributed by atoms with Crippen LogP contribution in [0.4, 0.5) is 17.1 Å². The van der Waals surface area contributed by atoms with Gasteiger partial charge in [0.05, 0.1) is 35.8 Å². The molecule has 0 bridgehead atoms. The molecule has 2 aliphatic rings. The Balaban J connectivity index is 1.61. The number of thiocarbonyl (C=S) groups is 1. The van der Waals surface area contributed by atoms with Crippen molar-refractivity contribution in [3.8, 4) is 5.75 Å².